The van der Waals surface area contributed by atoms with E-state index in [0.717, 1.165) is 21.5 Å². The van der Waals surface area contributed by atoms with Crippen LogP contribution >= 0.6 is 15.9 Å². The van der Waals surface area contributed by atoms with Crippen LogP contribution < -0.4 is 20.7 Å². The van der Waals surface area contributed by atoms with E-state index in [2.05, 4.69) is 31.3 Å². The van der Waals surface area contributed by atoms with Crippen LogP contribution in [0.2, 0.25) is 0 Å². The number of nitrogens with one attached hydrogen (secondary N) is 1. The molecule has 1 unspecified atom stereocenters. The quantitative estimate of drug-likeness (QED) is 0.611. The Balaban J connectivity index is 2.28. The minimum atomic E-state index is -0.176. The monoisotopic (exact) mass is 352 g/mol. The van der Waals surface area contributed by atoms with E-state index in [-0.39, 0.29) is 6.04 Å². The molecule has 1 aromatic heterocycles. The van der Waals surface area contributed by atoms with Crippen molar-refractivity contribution in [3.05, 3.63) is 46.3 Å². The molecule has 1 aromatic carbocycles. The van der Waals surface area contributed by atoms with Crippen molar-refractivity contribution < 1.29 is 9.47 Å². The molecular formula is C14H17BrN4O2. The highest BCUT2D eigenvalue weighted by atomic mass is 79.9. The van der Waals surface area contributed by atoms with Crippen LogP contribution in [-0.2, 0) is 6.42 Å². The van der Waals surface area contributed by atoms with E-state index < -0.39 is 0 Å². The third-order valence-electron chi connectivity index (χ3n) is 3.10. The average molecular weight is 353 g/mol. The van der Waals surface area contributed by atoms with Crippen molar-refractivity contribution in [2.24, 2.45) is 5.84 Å². The molecular weight excluding hydrogens is 336 g/mol. The number of aromatic nitrogens is 2. The van der Waals surface area contributed by atoms with E-state index in [9.17, 15) is 0 Å². The molecule has 6 nitrogen and oxygen atoms in total. The molecule has 1 atom stereocenters. The van der Waals surface area contributed by atoms with Crippen LogP contribution in [0.3, 0.4) is 0 Å². The topological polar surface area (TPSA) is 82.3 Å². The molecule has 0 amide bonds. The summed E-state index contributed by atoms with van der Waals surface area (Å²) in [5.41, 5.74) is 4.55. The minimum Gasteiger partial charge on any atom is -0.496 e. The number of halogens is 1. The zero-order chi connectivity index (χ0) is 15.2. The maximum Gasteiger partial charge on any atom is 0.216 e. The predicted octanol–water partition coefficient (Wildman–Crippen LogP) is 2.00. The Kier molecular flexibility index (Phi) is 5.49. The fraction of sp³-hybridized carbons (Fsp3) is 0.286. The lowest BCUT2D eigenvalue weighted by atomic mass is 10.0. The van der Waals surface area contributed by atoms with Crippen molar-refractivity contribution in [1.82, 2.24) is 15.4 Å². The van der Waals surface area contributed by atoms with Crippen molar-refractivity contribution in [2.45, 2.75) is 12.5 Å². The van der Waals surface area contributed by atoms with Gasteiger partial charge in [0.1, 0.15) is 12.1 Å². The molecule has 112 valence electrons. The summed E-state index contributed by atoms with van der Waals surface area (Å²) >= 11 is 3.46. The van der Waals surface area contributed by atoms with Crippen molar-refractivity contribution >= 4 is 15.9 Å². The molecule has 2 aromatic rings. The lowest BCUT2D eigenvalue weighted by molar-refractivity contribution is 0.392. The van der Waals surface area contributed by atoms with Gasteiger partial charge in [-0.3, -0.25) is 11.3 Å². The van der Waals surface area contributed by atoms with E-state index in [1.54, 1.807) is 20.3 Å². The second-order valence-corrected chi connectivity index (χ2v) is 5.28. The first-order valence-corrected chi connectivity index (χ1v) is 7.11. The molecule has 7 heteroatoms. The first-order chi connectivity index (χ1) is 10.2. The fourth-order valence-corrected chi connectivity index (χ4v) is 2.44. The maximum atomic E-state index is 5.67. The Bertz CT molecular complexity index is 609. The number of methoxy groups -OCH3 is 2. The van der Waals surface area contributed by atoms with Crippen molar-refractivity contribution in [3.63, 3.8) is 0 Å². The third kappa shape index (κ3) is 3.90. The van der Waals surface area contributed by atoms with E-state index in [1.165, 1.54) is 6.33 Å². The molecule has 0 spiro atoms. The molecule has 3 N–H and O–H groups in total. The molecule has 0 aliphatic rings. The Morgan fingerprint density at radius 1 is 1.24 bits per heavy atom. The van der Waals surface area contributed by atoms with Crippen molar-refractivity contribution in [1.29, 1.82) is 0 Å². The minimum absolute atomic E-state index is 0.176. The number of nitrogens with two attached hydrogens (primary N) is 1. The third-order valence-corrected chi connectivity index (χ3v) is 3.59. The first kappa shape index (κ1) is 15.7. The van der Waals surface area contributed by atoms with Crippen LogP contribution in [0.15, 0.2) is 35.1 Å². The van der Waals surface area contributed by atoms with Gasteiger partial charge < -0.3 is 9.47 Å². The first-order valence-electron chi connectivity index (χ1n) is 6.32. The summed E-state index contributed by atoms with van der Waals surface area (Å²) in [6.45, 7) is 0. The summed E-state index contributed by atoms with van der Waals surface area (Å²) < 4.78 is 11.5. The van der Waals surface area contributed by atoms with Gasteiger partial charge >= 0.3 is 0 Å². The Morgan fingerprint density at radius 3 is 2.71 bits per heavy atom. The normalized spacial score (nSPS) is 12.0. The van der Waals surface area contributed by atoms with Crippen LogP contribution in [0.1, 0.15) is 17.3 Å². The molecule has 0 saturated heterocycles. The lowest BCUT2D eigenvalue weighted by Crippen LogP contribution is -2.30. The molecule has 2 rings (SSSR count). The van der Waals surface area contributed by atoms with Gasteiger partial charge in [0.2, 0.25) is 5.88 Å². The van der Waals surface area contributed by atoms with Crippen LogP contribution in [0.4, 0.5) is 0 Å². The van der Waals surface area contributed by atoms with Crippen LogP contribution in [0.5, 0.6) is 11.6 Å². The van der Waals surface area contributed by atoms with Gasteiger partial charge in [0.15, 0.2) is 0 Å². The van der Waals surface area contributed by atoms with Gasteiger partial charge in [-0.15, -0.1) is 0 Å². The highest BCUT2D eigenvalue weighted by molar-refractivity contribution is 9.10. The number of ether oxygens (including phenoxy) is 2. The van der Waals surface area contributed by atoms with Crippen molar-refractivity contribution in [2.75, 3.05) is 14.2 Å². The summed E-state index contributed by atoms with van der Waals surface area (Å²) in [5, 5.41) is 0. The summed E-state index contributed by atoms with van der Waals surface area (Å²) in [4.78, 5) is 8.24. The van der Waals surface area contributed by atoms with Crippen LogP contribution in [0.25, 0.3) is 0 Å². The summed E-state index contributed by atoms with van der Waals surface area (Å²) in [5.74, 6) is 6.98. The van der Waals surface area contributed by atoms with E-state index in [4.69, 9.17) is 15.3 Å². The van der Waals surface area contributed by atoms with E-state index in [1.807, 2.05) is 18.2 Å². The number of hydrogen-bond donors (Lipinski definition) is 2. The Labute approximate surface area is 131 Å². The smallest absolute Gasteiger partial charge is 0.216 e. The van der Waals surface area contributed by atoms with Crippen LogP contribution in [-0.4, -0.2) is 24.2 Å². The van der Waals surface area contributed by atoms with Gasteiger partial charge in [-0.25, -0.2) is 9.97 Å². The molecule has 0 fully saturated rings. The molecule has 21 heavy (non-hydrogen) atoms. The Morgan fingerprint density at radius 2 is 2.05 bits per heavy atom. The second kappa shape index (κ2) is 7.35. The van der Waals surface area contributed by atoms with Crippen LogP contribution in [0, 0.1) is 0 Å². The summed E-state index contributed by atoms with van der Waals surface area (Å²) in [6, 6.07) is 7.43. The van der Waals surface area contributed by atoms with Gasteiger partial charge in [0, 0.05) is 10.5 Å². The molecule has 0 saturated carbocycles. The number of benzene rings is 1. The van der Waals surface area contributed by atoms with Gasteiger partial charge in [0.25, 0.3) is 0 Å². The van der Waals surface area contributed by atoms with Gasteiger partial charge in [-0.2, -0.15) is 0 Å². The summed E-state index contributed by atoms with van der Waals surface area (Å²) in [7, 11) is 3.21. The molecule has 0 aliphatic heterocycles. The number of hydrazine groups is 1. The van der Waals surface area contributed by atoms with Gasteiger partial charge in [-0.05, 0) is 30.2 Å². The average Bonchev–Trinajstić information content (AvgIpc) is 2.52. The maximum absolute atomic E-state index is 5.67. The highest BCUT2D eigenvalue weighted by Crippen LogP contribution is 2.27. The number of hydrogen-bond acceptors (Lipinski definition) is 6. The molecule has 0 aliphatic carbocycles. The zero-order valence-electron chi connectivity index (χ0n) is 11.8. The lowest BCUT2D eigenvalue weighted by Gasteiger charge is -2.17. The SMILES string of the molecule is COc1cc(C(Cc2cc(Br)ccc2OC)NN)ncn1. The molecule has 0 radical (unpaired) electrons. The number of rotatable bonds is 6. The fourth-order valence-electron chi connectivity index (χ4n) is 2.03. The highest BCUT2D eigenvalue weighted by Gasteiger charge is 2.16. The van der Waals surface area contributed by atoms with Gasteiger partial charge in [-0.1, -0.05) is 15.9 Å². The Hall–Kier alpha value is -1.70. The zero-order valence-corrected chi connectivity index (χ0v) is 13.4. The largest absolute Gasteiger partial charge is 0.496 e. The molecule has 0 bridgehead atoms. The second-order valence-electron chi connectivity index (χ2n) is 4.36. The van der Waals surface area contributed by atoms with Crippen molar-refractivity contribution in [3.8, 4) is 11.6 Å². The standard InChI is InChI=1S/C14H17BrN4O2/c1-20-13-4-3-10(15)5-9(13)6-12(19-16)11-7-14(21-2)18-8-17-11/h3-5,7-8,12,19H,6,16H2,1-2H3. The summed E-state index contributed by atoms with van der Waals surface area (Å²) in [6.07, 6.45) is 2.08. The number of nitrogens with zero attached hydrogens (tertiary/aromatic N) is 2. The van der Waals surface area contributed by atoms with E-state index >= 15 is 0 Å². The molecule has 1 heterocycles. The predicted molar refractivity (Wildman–Crippen MR) is 83.0 cm³/mol. The van der Waals surface area contributed by atoms with Gasteiger partial charge in [0.05, 0.1) is 26.0 Å². The van der Waals surface area contributed by atoms with E-state index in [0.29, 0.717) is 12.3 Å².